The second-order valence-corrected chi connectivity index (χ2v) is 4.34. The lowest BCUT2D eigenvalue weighted by Gasteiger charge is -2.02. The van der Waals surface area contributed by atoms with Crippen LogP contribution >= 0.6 is 0 Å². The second-order valence-electron chi connectivity index (χ2n) is 4.34. The van der Waals surface area contributed by atoms with Crippen molar-refractivity contribution in [1.82, 2.24) is 0 Å². The van der Waals surface area contributed by atoms with Gasteiger partial charge in [0.2, 0.25) is 0 Å². The third-order valence-electron chi connectivity index (χ3n) is 2.82. The van der Waals surface area contributed by atoms with E-state index in [1.165, 1.54) is 18.2 Å². The molecular formula is C17H15FO3. The Kier molecular flexibility index (Phi) is 5.10. The largest absolute Gasteiger partial charge is 0.497 e. The van der Waals surface area contributed by atoms with Crippen LogP contribution in [0.4, 0.5) is 4.39 Å². The van der Waals surface area contributed by atoms with Crippen molar-refractivity contribution < 1.29 is 18.7 Å². The van der Waals surface area contributed by atoms with E-state index in [-0.39, 0.29) is 12.4 Å². The molecular weight excluding hydrogens is 271 g/mol. The molecule has 2 aromatic carbocycles. The van der Waals surface area contributed by atoms with Crippen molar-refractivity contribution in [3.63, 3.8) is 0 Å². The Morgan fingerprint density at radius 3 is 2.38 bits per heavy atom. The molecule has 0 bridgehead atoms. The maximum Gasteiger partial charge on any atom is 0.331 e. The molecule has 0 saturated heterocycles. The molecule has 0 aliphatic carbocycles. The summed E-state index contributed by atoms with van der Waals surface area (Å²) in [5, 5.41) is 0. The van der Waals surface area contributed by atoms with Crippen LogP contribution in [0.25, 0.3) is 6.08 Å². The van der Waals surface area contributed by atoms with E-state index in [9.17, 15) is 9.18 Å². The van der Waals surface area contributed by atoms with Gasteiger partial charge in [-0.1, -0.05) is 24.3 Å². The molecule has 0 fully saturated rings. The Labute approximate surface area is 122 Å². The smallest absolute Gasteiger partial charge is 0.331 e. The molecule has 3 nitrogen and oxygen atoms in total. The van der Waals surface area contributed by atoms with Gasteiger partial charge < -0.3 is 9.47 Å². The fourth-order valence-electron chi connectivity index (χ4n) is 1.66. The van der Waals surface area contributed by atoms with E-state index in [4.69, 9.17) is 9.47 Å². The van der Waals surface area contributed by atoms with Gasteiger partial charge in [0.1, 0.15) is 18.2 Å². The minimum absolute atomic E-state index is 0.117. The SMILES string of the molecule is COc1ccc(/C=C/C(=O)OCc2ccc(F)cc2)cc1. The molecule has 0 atom stereocenters. The highest BCUT2D eigenvalue weighted by Gasteiger charge is 1.99. The normalized spacial score (nSPS) is 10.6. The molecule has 0 amide bonds. The quantitative estimate of drug-likeness (QED) is 0.622. The van der Waals surface area contributed by atoms with Crippen LogP contribution in [0.15, 0.2) is 54.6 Å². The summed E-state index contributed by atoms with van der Waals surface area (Å²) in [5.41, 5.74) is 1.61. The van der Waals surface area contributed by atoms with Gasteiger partial charge in [-0.15, -0.1) is 0 Å². The summed E-state index contributed by atoms with van der Waals surface area (Å²) in [4.78, 5) is 11.6. The monoisotopic (exact) mass is 286 g/mol. The molecule has 108 valence electrons. The molecule has 0 heterocycles. The Bertz CT molecular complexity index is 615. The lowest BCUT2D eigenvalue weighted by Crippen LogP contribution is -2.00. The maximum atomic E-state index is 12.7. The van der Waals surface area contributed by atoms with Gasteiger partial charge >= 0.3 is 5.97 Å². The molecule has 0 unspecified atom stereocenters. The molecule has 21 heavy (non-hydrogen) atoms. The summed E-state index contributed by atoms with van der Waals surface area (Å²) in [6.07, 6.45) is 3.01. The van der Waals surface area contributed by atoms with Crippen LogP contribution in [-0.2, 0) is 16.1 Å². The number of carbonyl (C=O) groups excluding carboxylic acids is 1. The van der Waals surface area contributed by atoms with Crippen LogP contribution in [0.1, 0.15) is 11.1 Å². The van der Waals surface area contributed by atoms with Gasteiger partial charge in [0, 0.05) is 6.08 Å². The number of benzene rings is 2. The van der Waals surface area contributed by atoms with Crippen molar-refractivity contribution >= 4 is 12.0 Å². The van der Waals surface area contributed by atoms with Crippen molar-refractivity contribution in [1.29, 1.82) is 0 Å². The first-order chi connectivity index (χ1) is 10.2. The predicted molar refractivity (Wildman–Crippen MR) is 78.2 cm³/mol. The van der Waals surface area contributed by atoms with Gasteiger partial charge in [0.15, 0.2) is 0 Å². The summed E-state index contributed by atoms with van der Waals surface area (Å²) in [6, 6.07) is 13.1. The first kappa shape index (κ1) is 14.8. The molecule has 4 heteroatoms. The first-order valence-electron chi connectivity index (χ1n) is 6.41. The number of hydrogen-bond donors (Lipinski definition) is 0. The third kappa shape index (κ3) is 4.76. The number of hydrogen-bond acceptors (Lipinski definition) is 3. The van der Waals surface area contributed by atoms with Crippen molar-refractivity contribution in [2.24, 2.45) is 0 Å². The number of halogens is 1. The molecule has 0 aromatic heterocycles. The predicted octanol–water partition coefficient (Wildman–Crippen LogP) is 3.59. The Morgan fingerprint density at radius 1 is 1.10 bits per heavy atom. The van der Waals surface area contributed by atoms with Crippen LogP contribution in [0, 0.1) is 5.82 Å². The van der Waals surface area contributed by atoms with Crippen LogP contribution in [-0.4, -0.2) is 13.1 Å². The van der Waals surface area contributed by atoms with Gasteiger partial charge in [-0.3, -0.25) is 0 Å². The average molecular weight is 286 g/mol. The minimum Gasteiger partial charge on any atom is -0.497 e. The zero-order chi connectivity index (χ0) is 15.1. The Morgan fingerprint density at radius 2 is 1.76 bits per heavy atom. The van der Waals surface area contributed by atoms with E-state index in [0.717, 1.165) is 16.9 Å². The van der Waals surface area contributed by atoms with E-state index in [2.05, 4.69) is 0 Å². The van der Waals surface area contributed by atoms with Gasteiger partial charge in [-0.25, -0.2) is 9.18 Å². The van der Waals surface area contributed by atoms with Gasteiger partial charge in [-0.05, 0) is 41.5 Å². The summed E-state index contributed by atoms with van der Waals surface area (Å²) < 4.78 is 22.8. The number of esters is 1. The summed E-state index contributed by atoms with van der Waals surface area (Å²) in [5.74, 6) is -0.00865. The minimum atomic E-state index is -0.449. The van der Waals surface area contributed by atoms with Crippen molar-refractivity contribution in [2.45, 2.75) is 6.61 Å². The molecule has 2 rings (SSSR count). The van der Waals surface area contributed by atoms with E-state index in [0.29, 0.717) is 0 Å². The van der Waals surface area contributed by atoms with E-state index in [1.807, 2.05) is 24.3 Å². The highest BCUT2D eigenvalue weighted by molar-refractivity contribution is 5.87. The fourth-order valence-corrected chi connectivity index (χ4v) is 1.66. The van der Waals surface area contributed by atoms with Crippen LogP contribution < -0.4 is 4.74 Å². The molecule has 0 aliphatic heterocycles. The zero-order valence-electron chi connectivity index (χ0n) is 11.6. The van der Waals surface area contributed by atoms with Gasteiger partial charge in [0.05, 0.1) is 7.11 Å². The molecule has 0 radical (unpaired) electrons. The molecule has 2 aromatic rings. The van der Waals surface area contributed by atoms with E-state index >= 15 is 0 Å². The number of ether oxygens (including phenoxy) is 2. The molecule has 0 aliphatic rings. The number of carbonyl (C=O) groups is 1. The standard InChI is InChI=1S/C17H15FO3/c1-20-16-9-4-13(5-10-16)6-11-17(19)21-12-14-2-7-15(18)8-3-14/h2-11H,12H2,1H3/b11-6+. The molecule has 0 N–H and O–H groups in total. The van der Waals surface area contributed by atoms with Crippen molar-refractivity contribution in [2.75, 3.05) is 7.11 Å². The van der Waals surface area contributed by atoms with Crippen LogP contribution in [0.3, 0.4) is 0 Å². The van der Waals surface area contributed by atoms with E-state index in [1.54, 1.807) is 25.3 Å². The second kappa shape index (κ2) is 7.24. The topological polar surface area (TPSA) is 35.5 Å². The number of methoxy groups -OCH3 is 1. The highest BCUT2D eigenvalue weighted by atomic mass is 19.1. The lowest BCUT2D eigenvalue weighted by atomic mass is 10.2. The zero-order valence-corrected chi connectivity index (χ0v) is 11.6. The van der Waals surface area contributed by atoms with Crippen LogP contribution in [0.2, 0.25) is 0 Å². The van der Waals surface area contributed by atoms with Crippen molar-refractivity contribution in [3.05, 3.63) is 71.6 Å². The highest BCUT2D eigenvalue weighted by Crippen LogP contribution is 2.12. The maximum absolute atomic E-state index is 12.7. The third-order valence-corrected chi connectivity index (χ3v) is 2.82. The summed E-state index contributed by atoms with van der Waals surface area (Å²) >= 11 is 0. The van der Waals surface area contributed by atoms with Crippen LogP contribution in [0.5, 0.6) is 5.75 Å². The number of rotatable bonds is 5. The first-order valence-corrected chi connectivity index (χ1v) is 6.41. The molecule has 0 saturated carbocycles. The van der Waals surface area contributed by atoms with Crippen molar-refractivity contribution in [3.8, 4) is 5.75 Å². The Balaban J connectivity index is 1.85. The van der Waals surface area contributed by atoms with Gasteiger partial charge in [-0.2, -0.15) is 0 Å². The molecule has 0 spiro atoms. The Hall–Kier alpha value is -2.62. The lowest BCUT2D eigenvalue weighted by molar-refractivity contribution is -0.138. The summed E-state index contributed by atoms with van der Waals surface area (Å²) in [6.45, 7) is 0.117. The van der Waals surface area contributed by atoms with Gasteiger partial charge in [0.25, 0.3) is 0 Å². The fraction of sp³-hybridized carbons (Fsp3) is 0.118. The summed E-state index contributed by atoms with van der Waals surface area (Å²) in [7, 11) is 1.59. The van der Waals surface area contributed by atoms with E-state index < -0.39 is 5.97 Å². The average Bonchev–Trinajstić information content (AvgIpc) is 2.53.